The zero-order valence-corrected chi connectivity index (χ0v) is 9.93. The van der Waals surface area contributed by atoms with Crippen molar-refractivity contribution < 1.29 is 9.15 Å². The minimum Gasteiger partial charge on any atom is -0.492 e. The number of furan rings is 1. The molecule has 3 nitrogen and oxygen atoms in total. The maximum atomic E-state index is 5.59. The summed E-state index contributed by atoms with van der Waals surface area (Å²) in [6, 6.07) is 12.1. The van der Waals surface area contributed by atoms with Gasteiger partial charge in [0.2, 0.25) is 0 Å². The highest BCUT2D eigenvalue weighted by Crippen LogP contribution is 2.12. The van der Waals surface area contributed by atoms with E-state index >= 15 is 0 Å². The third kappa shape index (κ3) is 3.64. The Morgan fingerprint density at radius 2 is 2.06 bits per heavy atom. The van der Waals surface area contributed by atoms with Crippen LogP contribution in [0.3, 0.4) is 0 Å². The van der Waals surface area contributed by atoms with Gasteiger partial charge in [-0.3, -0.25) is 0 Å². The number of rotatable bonds is 6. The Bertz CT molecular complexity index is 411. The fourth-order valence-corrected chi connectivity index (χ4v) is 1.60. The number of para-hydroxylation sites is 1. The van der Waals surface area contributed by atoms with Gasteiger partial charge in [-0.1, -0.05) is 18.2 Å². The summed E-state index contributed by atoms with van der Waals surface area (Å²) in [7, 11) is 0. The standard InChI is InChI=1S/C14H17NO2/c1-12(13-7-9-16-11-13)15-8-10-17-14-5-3-2-4-6-14/h2-7,9,11-12,15H,8,10H2,1H3. The van der Waals surface area contributed by atoms with E-state index in [1.807, 2.05) is 36.4 Å². The van der Waals surface area contributed by atoms with Gasteiger partial charge in [-0.15, -0.1) is 0 Å². The second-order valence-corrected chi connectivity index (χ2v) is 3.89. The molecule has 2 rings (SSSR count). The molecule has 1 aromatic heterocycles. The lowest BCUT2D eigenvalue weighted by atomic mass is 10.2. The maximum absolute atomic E-state index is 5.59. The molecule has 90 valence electrons. The number of nitrogens with one attached hydrogen (secondary N) is 1. The van der Waals surface area contributed by atoms with Crippen molar-refractivity contribution in [1.82, 2.24) is 5.32 Å². The summed E-state index contributed by atoms with van der Waals surface area (Å²) in [5.74, 6) is 0.908. The zero-order valence-electron chi connectivity index (χ0n) is 9.93. The van der Waals surface area contributed by atoms with E-state index in [0.29, 0.717) is 6.61 Å². The van der Waals surface area contributed by atoms with E-state index in [9.17, 15) is 0 Å². The summed E-state index contributed by atoms with van der Waals surface area (Å²) in [5, 5.41) is 3.37. The molecule has 0 fully saturated rings. The fourth-order valence-electron chi connectivity index (χ4n) is 1.60. The van der Waals surface area contributed by atoms with Crippen molar-refractivity contribution in [3.8, 4) is 5.75 Å². The molecule has 2 aromatic rings. The van der Waals surface area contributed by atoms with Crippen LogP contribution in [0.1, 0.15) is 18.5 Å². The minimum atomic E-state index is 0.285. The minimum absolute atomic E-state index is 0.285. The van der Waals surface area contributed by atoms with Crippen LogP contribution in [0.5, 0.6) is 5.75 Å². The van der Waals surface area contributed by atoms with Gasteiger partial charge in [-0.05, 0) is 25.1 Å². The van der Waals surface area contributed by atoms with Crippen LogP contribution in [0.25, 0.3) is 0 Å². The zero-order chi connectivity index (χ0) is 11.9. The average molecular weight is 231 g/mol. The molecule has 0 aliphatic heterocycles. The Morgan fingerprint density at radius 1 is 1.24 bits per heavy atom. The van der Waals surface area contributed by atoms with Gasteiger partial charge < -0.3 is 14.5 Å². The van der Waals surface area contributed by atoms with Crippen molar-refractivity contribution in [3.63, 3.8) is 0 Å². The van der Waals surface area contributed by atoms with Crippen LogP contribution in [0.2, 0.25) is 0 Å². The highest BCUT2D eigenvalue weighted by molar-refractivity contribution is 5.20. The first-order valence-electron chi connectivity index (χ1n) is 5.79. The molecule has 1 heterocycles. The van der Waals surface area contributed by atoms with E-state index < -0.39 is 0 Å². The average Bonchev–Trinajstić information content (AvgIpc) is 2.89. The van der Waals surface area contributed by atoms with E-state index in [4.69, 9.17) is 9.15 Å². The Balaban J connectivity index is 1.67. The fraction of sp³-hybridized carbons (Fsp3) is 0.286. The molecule has 1 aromatic carbocycles. The summed E-state index contributed by atoms with van der Waals surface area (Å²) >= 11 is 0. The second-order valence-electron chi connectivity index (χ2n) is 3.89. The molecule has 3 heteroatoms. The predicted molar refractivity (Wildman–Crippen MR) is 67.1 cm³/mol. The highest BCUT2D eigenvalue weighted by atomic mass is 16.5. The lowest BCUT2D eigenvalue weighted by molar-refractivity contribution is 0.307. The first-order chi connectivity index (χ1) is 8.36. The topological polar surface area (TPSA) is 34.4 Å². The SMILES string of the molecule is CC(NCCOc1ccccc1)c1ccoc1. The van der Waals surface area contributed by atoms with Gasteiger partial charge >= 0.3 is 0 Å². The summed E-state index contributed by atoms with van der Waals surface area (Å²) in [6.45, 7) is 3.57. The summed E-state index contributed by atoms with van der Waals surface area (Å²) in [6.07, 6.45) is 3.45. The Labute approximate surface area is 101 Å². The van der Waals surface area contributed by atoms with Crippen molar-refractivity contribution in [2.24, 2.45) is 0 Å². The maximum Gasteiger partial charge on any atom is 0.119 e. The van der Waals surface area contributed by atoms with Gasteiger partial charge in [0.25, 0.3) is 0 Å². The molecule has 0 saturated heterocycles. The number of benzene rings is 1. The molecule has 0 amide bonds. The third-order valence-corrected chi connectivity index (χ3v) is 2.61. The molecule has 0 radical (unpaired) electrons. The first-order valence-corrected chi connectivity index (χ1v) is 5.79. The Morgan fingerprint density at radius 3 is 2.76 bits per heavy atom. The van der Waals surface area contributed by atoms with E-state index in [1.165, 1.54) is 0 Å². The van der Waals surface area contributed by atoms with Crippen molar-refractivity contribution in [3.05, 3.63) is 54.5 Å². The second kappa shape index (κ2) is 6.11. The summed E-state index contributed by atoms with van der Waals surface area (Å²) in [5.41, 5.74) is 1.16. The van der Waals surface area contributed by atoms with Crippen molar-refractivity contribution in [2.75, 3.05) is 13.2 Å². The van der Waals surface area contributed by atoms with Crippen molar-refractivity contribution >= 4 is 0 Å². The molecule has 0 aliphatic carbocycles. The largest absolute Gasteiger partial charge is 0.492 e. The number of hydrogen-bond donors (Lipinski definition) is 1. The van der Waals surface area contributed by atoms with Gasteiger partial charge in [0, 0.05) is 18.2 Å². The van der Waals surface area contributed by atoms with Gasteiger partial charge in [-0.25, -0.2) is 0 Å². The monoisotopic (exact) mass is 231 g/mol. The summed E-state index contributed by atoms with van der Waals surface area (Å²) in [4.78, 5) is 0. The van der Waals surface area contributed by atoms with Crippen LogP contribution < -0.4 is 10.1 Å². The van der Waals surface area contributed by atoms with Crippen LogP contribution >= 0.6 is 0 Å². The van der Waals surface area contributed by atoms with Crippen molar-refractivity contribution in [2.45, 2.75) is 13.0 Å². The van der Waals surface area contributed by atoms with Crippen LogP contribution in [-0.2, 0) is 0 Å². The predicted octanol–water partition coefficient (Wildman–Crippen LogP) is 3.01. The van der Waals surface area contributed by atoms with Gasteiger partial charge in [-0.2, -0.15) is 0 Å². The smallest absolute Gasteiger partial charge is 0.119 e. The van der Waals surface area contributed by atoms with E-state index in [-0.39, 0.29) is 6.04 Å². The lowest BCUT2D eigenvalue weighted by Crippen LogP contribution is -2.24. The quantitative estimate of drug-likeness (QED) is 0.776. The van der Waals surface area contributed by atoms with Crippen LogP contribution in [0.15, 0.2) is 53.3 Å². The third-order valence-electron chi connectivity index (χ3n) is 2.61. The number of hydrogen-bond acceptors (Lipinski definition) is 3. The van der Waals surface area contributed by atoms with Gasteiger partial charge in [0.1, 0.15) is 12.4 Å². The number of ether oxygens (including phenoxy) is 1. The Hall–Kier alpha value is -1.74. The Kier molecular flexibility index (Phi) is 4.22. The van der Waals surface area contributed by atoms with Gasteiger partial charge in [0.05, 0.1) is 12.5 Å². The van der Waals surface area contributed by atoms with Crippen LogP contribution in [0, 0.1) is 0 Å². The molecular formula is C14H17NO2. The summed E-state index contributed by atoms with van der Waals surface area (Å²) < 4.78 is 10.6. The normalized spacial score (nSPS) is 12.3. The van der Waals surface area contributed by atoms with E-state index in [1.54, 1.807) is 12.5 Å². The first kappa shape index (κ1) is 11.7. The molecule has 1 unspecified atom stereocenters. The van der Waals surface area contributed by atoms with Crippen molar-refractivity contribution in [1.29, 1.82) is 0 Å². The van der Waals surface area contributed by atoms with Crippen LogP contribution in [-0.4, -0.2) is 13.2 Å². The molecule has 0 saturated carbocycles. The molecule has 1 N–H and O–H groups in total. The molecule has 1 atom stereocenters. The molecular weight excluding hydrogens is 214 g/mol. The van der Waals surface area contributed by atoms with Gasteiger partial charge in [0.15, 0.2) is 0 Å². The molecule has 0 aliphatic rings. The molecule has 17 heavy (non-hydrogen) atoms. The molecule has 0 bridgehead atoms. The highest BCUT2D eigenvalue weighted by Gasteiger charge is 2.04. The van der Waals surface area contributed by atoms with Crippen LogP contribution in [0.4, 0.5) is 0 Å². The lowest BCUT2D eigenvalue weighted by Gasteiger charge is -2.12. The van der Waals surface area contributed by atoms with E-state index in [0.717, 1.165) is 17.9 Å². The van der Waals surface area contributed by atoms with E-state index in [2.05, 4.69) is 12.2 Å². The molecule has 0 spiro atoms.